The third-order valence-corrected chi connectivity index (χ3v) is 8.28. The number of nitrogens with zero attached hydrogens (tertiary/aromatic N) is 3. The highest BCUT2D eigenvalue weighted by atomic mass is 16.6. The zero-order valence-electron chi connectivity index (χ0n) is 17.0. The molecule has 0 N–H and O–H groups in total. The monoisotopic (exact) mass is 397 g/mol. The van der Waals surface area contributed by atoms with E-state index in [0.29, 0.717) is 12.2 Å². The molecule has 1 spiro atoms. The van der Waals surface area contributed by atoms with Crippen LogP contribution in [0.3, 0.4) is 0 Å². The first kappa shape index (κ1) is 18.3. The number of rotatable bonds is 4. The highest BCUT2D eigenvalue weighted by Crippen LogP contribution is 2.48. The minimum absolute atomic E-state index is 0.0638. The molecule has 1 aromatic rings. The molecule has 0 aliphatic carbocycles. The first-order chi connectivity index (χ1) is 14.2. The van der Waals surface area contributed by atoms with Crippen LogP contribution in [-0.2, 0) is 20.8 Å². The Kier molecular flexibility index (Phi) is 4.43. The van der Waals surface area contributed by atoms with Crippen LogP contribution in [-0.4, -0.2) is 71.8 Å². The number of carbonyl (C=O) groups excluding carboxylic acids is 1. The summed E-state index contributed by atoms with van der Waals surface area (Å²) in [5, 5.41) is 0. The number of fused-ring (bicyclic) bond motifs is 5. The summed E-state index contributed by atoms with van der Waals surface area (Å²) >= 11 is 0. The molecular weight excluding hydrogens is 366 g/mol. The van der Waals surface area contributed by atoms with Gasteiger partial charge in [-0.05, 0) is 56.5 Å². The van der Waals surface area contributed by atoms with Crippen molar-refractivity contribution < 1.29 is 14.3 Å². The minimum Gasteiger partial charge on any atom is -0.461 e. The number of pyridine rings is 1. The molecule has 6 heteroatoms. The Morgan fingerprint density at radius 2 is 1.72 bits per heavy atom. The molecule has 5 saturated heterocycles. The van der Waals surface area contributed by atoms with Crippen LogP contribution < -0.4 is 0 Å². The van der Waals surface area contributed by atoms with Gasteiger partial charge in [0.25, 0.3) is 0 Å². The number of carbonyl (C=O) groups is 1. The molecule has 6 heterocycles. The van der Waals surface area contributed by atoms with Crippen molar-refractivity contribution in [2.24, 2.45) is 17.3 Å². The van der Waals surface area contributed by atoms with E-state index in [0.717, 1.165) is 70.4 Å². The Balaban J connectivity index is 1.03. The molecule has 5 aliphatic heterocycles. The molecule has 6 nitrogen and oxygen atoms in total. The van der Waals surface area contributed by atoms with Crippen molar-refractivity contribution in [2.75, 3.05) is 32.7 Å². The second-order valence-corrected chi connectivity index (χ2v) is 9.98. The Labute approximate surface area is 172 Å². The quantitative estimate of drug-likeness (QED) is 0.726. The first-order valence-electron chi connectivity index (χ1n) is 11.4. The van der Waals surface area contributed by atoms with E-state index < -0.39 is 0 Å². The lowest BCUT2D eigenvalue weighted by molar-refractivity contribution is -0.151. The molecule has 1 unspecified atom stereocenters. The average Bonchev–Trinajstić information content (AvgIpc) is 3.48. The van der Waals surface area contributed by atoms with E-state index in [2.05, 4.69) is 26.9 Å². The molecule has 0 radical (unpaired) electrons. The molecule has 156 valence electrons. The molecule has 5 atom stereocenters. The van der Waals surface area contributed by atoms with Gasteiger partial charge in [-0.1, -0.05) is 0 Å². The largest absolute Gasteiger partial charge is 0.461 e. The molecule has 1 aromatic heterocycles. The standard InChI is InChI=1S/C23H31N3O3/c27-22-23(5-9-25(10-6-23)12-16-3-7-24-8-4-16)11-17(28-22)13-26-14-18-19(15-26)21-2-1-20(18)29-21/h3-4,7-8,17-21H,1-2,5-6,9-15H2/t17?,18-,19+,20+,21-. The maximum absolute atomic E-state index is 12.8. The maximum atomic E-state index is 12.8. The third-order valence-electron chi connectivity index (χ3n) is 8.28. The summed E-state index contributed by atoms with van der Waals surface area (Å²) in [5.74, 6) is 1.50. The van der Waals surface area contributed by atoms with Crippen molar-refractivity contribution in [3.8, 4) is 0 Å². The van der Waals surface area contributed by atoms with Crippen LogP contribution in [0.1, 0.15) is 37.7 Å². The molecule has 2 bridgehead atoms. The lowest BCUT2D eigenvalue weighted by atomic mass is 9.76. The first-order valence-corrected chi connectivity index (χ1v) is 11.4. The number of ether oxygens (including phenoxy) is 2. The molecule has 6 rings (SSSR count). The highest BCUT2D eigenvalue weighted by Gasteiger charge is 2.55. The van der Waals surface area contributed by atoms with E-state index in [9.17, 15) is 4.79 Å². The summed E-state index contributed by atoms with van der Waals surface area (Å²) < 4.78 is 12.0. The number of likely N-dealkylation sites (tertiary alicyclic amines) is 2. The second-order valence-electron chi connectivity index (χ2n) is 9.98. The molecule has 5 fully saturated rings. The molecule has 0 saturated carbocycles. The maximum Gasteiger partial charge on any atom is 0.312 e. The van der Waals surface area contributed by atoms with Gasteiger partial charge in [0.1, 0.15) is 6.10 Å². The Hall–Kier alpha value is -1.50. The van der Waals surface area contributed by atoms with Gasteiger partial charge in [0.15, 0.2) is 0 Å². The van der Waals surface area contributed by atoms with E-state index >= 15 is 0 Å². The smallest absolute Gasteiger partial charge is 0.312 e. The lowest BCUT2D eigenvalue weighted by Crippen LogP contribution is -2.42. The molecule has 0 aromatic carbocycles. The van der Waals surface area contributed by atoms with Crippen molar-refractivity contribution in [3.05, 3.63) is 30.1 Å². The van der Waals surface area contributed by atoms with Crippen LogP contribution in [0.4, 0.5) is 0 Å². The summed E-state index contributed by atoms with van der Waals surface area (Å²) in [6.07, 6.45) is 10.0. The molecule has 29 heavy (non-hydrogen) atoms. The lowest BCUT2D eigenvalue weighted by Gasteiger charge is -2.36. The predicted octanol–water partition coefficient (Wildman–Crippen LogP) is 2.09. The van der Waals surface area contributed by atoms with Crippen LogP contribution in [0.5, 0.6) is 0 Å². The van der Waals surface area contributed by atoms with Gasteiger partial charge < -0.3 is 9.47 Å². The topological polar surface area (TPSA) is 54.9 Å². The van der Waals surface area contributed by atoms with E-state index in [1.165, 1.54) is 18.4 Å². The zero-order chi connectivity index (χ0) is 19.4. The fourth-order valence-corrected chi connectivity index (χ4v) is 6.72. The van der Waals surface area contributed by atoms with E-state index in [1.54, 1.807) is 0 Å². The third kappa shape index (κ3) is 3.20. The van der Waals surface area contributed by atoms with Gasteiger partial charge in [-0.2, -0.15) is 0 Å². The molecule has 0 amide bonds. The summed E-state index contributed by atoms with van der Waals surface area (Å²) in [6.45, 7) is 6.06. The number of cyclic esters (lactones) is 1. The van der Waals surface area contributed by atoms with Crippen LogP contribution in [0, 0.1) is 17.3 Å². The zero-order valence-corrected chi connectivity index (χ0v) is 17.0. The number of aromatic nitrogens is 1. The van der Waals surface area contributed by atoms with Gasteiger partial charge in [0.05, 0.1) is 17.6 Å². The second kappa shape index (κ2) is 7.03. The Bertz CT molecular complexity index is 746. The number of hydrogen-bond donors (Lipinski definition) is 0. The van der Waals surface area contributed by atoms with Gasteiger partial charge in [0.2, 0.25) is 0 Å². The van der Waals surface area contributed by atoms with E-state index in [-0.39, 0.29) is 17.5 Å². The minimum atomic E-state index is -0.239. The fourth-order valence-electron chi connectivity index (χ4n) is 6.72. The predicted molar refractivity (Wildman–Crippen MR) is 107 cm³/mol. The van der Waals surface area contributed by atoms with Gasteiger partial charge in [-0.25, -0.2) is 0 Å². The van der Waals surface area contributed by atoms with Gasteiger partial charge in [-0.3, -0.25) is 19.6 Å². The summed E-state index contributed by atoms with van der Waals surface area (Å²) in [4.78, 5) is 21.9. The Morgan fingerprint density at radius 1 is 1.03 bits per heavy atom. The summed E-state index contributed by atoms with van der Waals surface area (Å²) in [6, 6.07) is 4.15. The number of hydrogen-bond acceptors (Lipinski definition) is 6. The van der Waals surface area contributed by atoms with Gasteiger partial charge in [0, 0.05) is 56.8 Å². The summed E-state index contributed by atoms with van der Waals surface area (Å²) in [5.41, 5.74) is 1.05. The summed E-state index contributed by atoms with van der Waals surface area (Å²) in [7, 11) is 0. The number of esters is 1. The van der Waals surface area contributed by atoms with Crippen LogP contribution >= 0.6 is 0 Å². The molecular formula is C23H31N3O3. The van der Waals surface area contributed by atoms with Gasteiger partial charge in [-0.15, -0.1) is 0 Å². The van der Waals surface area contributed by atoms with Gasteiger partial charge >= 0.3 is 5.97 Å². The SMILES string of the molecule is O=C1OC(CN2C[C@@H]3[C@H](C2)[C@H]2CC[C@@H]3O2)CC12CCN(Cc1ccncc1)CC2. The normalized spacial score (nSPS) is 38.6. The Morgan fingerprint density at radius 3 is 2.41 bits per heavy atom. The van der Waals surface area contributed by atoms with E-state index in [4.69, 9.17) is 9.47 Å². The van der Waals surface area contributed by atoms with E-state index in [1.807, 2.05) is 12.4 Å². The van der Waals surface area contributed by atoms with Crippen molar-refractivity contribution in [2.45, 2.75) is 57.0 Å². The van der Waals surface area contributed by atoms with Crippen molar-refractivity contribution in [1.82, 2.24) is 14.8 Å². The highest BCUT2D eigenvalue weighted by molar-refractivity contribution is 5.79. The molecule has 5 aliphatic rings. The van der Waals surface area contributed by atoms with Crippen LogP contribution in [0.25, 0.3) is 0 Å². The van der Waals surface area contributed by atoms with Crippen LogP contribution in [0.15, 0.2) is 24.5 Å². The van der Waals surface area contributed by atoms with Crippen LogP contribution in [0.2, 0.25) is 0 Å². The number of piperidine rings is 1. The van der Waals surface area contributed by atoms with Crippen molar-refractivity contribution in [1.29, 1.82) is 0 Å². The fraction of sp³-hybridized carbons (Fsp3) is 0.739. The average molecular weight is 398 g/mol. The van der Waals surface area contributed by atoms with Crippen molar-refractivity contribution >= 4 is 5.97 Å². The van der Waals surface area contributed by atoms with Crippen molar-refractivity contribution in [3.63, 3.8) is 0 Å².